The lowest BCUT2D eigenvalue weighted by Crippen LogP contribution is -2.11. The average molecular weight is 229 g/mol. The molecule has 0 aliphatic heterocycles. The minimum absolute atomic E-state index is 0.196. The van der Waals surface area contributed by atoms with Crippen molar-refractivity contribution in [2.45, 2.75) is 19.4 Å². The standard InChI is InChI=1S/C11H13ClO3/c1-8(13)6-7-15-11(14)9-4-2-3-5-10(9)12/h2-5,8,13H,6-7H2,1H3. The Labute approximate surface area is 93.6 Å². The van der Waals surface area contributed by atoms with E-state index in [-0.39, 0.29) is 6.61 Å². The lowest BCUT2D eigenvalue weighted by Gasteiger charge is -2.07. The molecule has 1 unspecified atom stereocenters. The van der Waals surface area contributed by atoms with Crippen LogP contribution in [0.1, 0.15) is 23.7 Å². The molecule has 0 fully saturated rings. The van der Waals surface area contributed by atoms with Gasteiger partial charge in [-0.3, -0.25) is 0 Å². The van der Waals surface area contributed by atoms with Gasteiger partial charge in [0.1, 0.15) is 0 Å². The molecule has 1 aromatic rings. The van der Waals surface area contributed by atoms with E-state index >= 15 is 0 Å². The first kappa shape index (κ1) is 12.0. The maximum Gasteiger partial charge on any atom is 0.339 e. The van der Waals surface area contributed by atoms with Crippen LogP contribution in [-0.4, -0.2) is 23.8 Å². The number of carbonyl (C=O) groups excluding carboxylic acids is 1. The zero-order valence-corrected chi connectivity index (χ0v) is 9.20. The Bertz CT molecular complexity index is 336. The van der Waals surface area contributed by atoms with E-state index in [4.69, 9.17) is 21.4 Å². The highest BCUT2D eigenvalue weighted by molar-refractivity contribution is 6.33. The highest BCUT2D eigenvalue weighted by Gasteiger charge is 2.10. The van der Waals surface area contributed by atoms with E-state index in [0.717, 1.165) is 0 Å². The first-order valence-electron chi connectivity index (χ1n) is 4.71. The second kappa shape index (κ2) is 5.73. The lowest BCUT2D eigenvalue weighted by atomic mass is 10.2. The van der Waals surface area contributed by atoms with Crippen molar-refractivity contribution < 1.29 is 14.6 Å². The van der Waals surface area contributed by atoms with Crippen molar-refractivity contribution in [3.05, 3.63) is 34.9 Å². The summed E-state index contributed by atoms with van der Waals surface area (Å²) in [4.78, 5) is 11.5. The van der Waals surface area contributed by atoms with Gasteiger partial charge in [0.15, 0.2) is 0 Å². The number of esters is 1. The normalized spacial score (nSPS) is 12.2. The monoisotopic (exact) mass is 228 g/mol. The van der Waals surface area contributed by atoms with Gasteiger partial charge in [0.2, 0.25) is 0 Å². The van der Waals surface area contributed by atoms with Crippen LogP contribution in [0, 0.1) is 0 Å². The van der Waals surface area contributed by atoms with Gasteiger partial charge in [-0.25, -0.2) is 4.79 Å². The van der Waals surface area contributed by atoms with Gasteiger partial charge in [0.25, 0.3) is 0 Å². The van der Waals surface area contributed by atoms with Gasteiger partial charge >= 0.3 is 5.97 Å². The zero-order valence-electron chi connectivity index (χ0n) is 8.44. The van der Waals surface area contributed by atoms with Gasteiger partial charge in [-0.2, -0.15) is 0 Å². The quantitative estimate of drug-likeness (QED) is 0.805. The zero-order chi connectivity index (χ0) is 11.3. The number of carbonyl (C=O) groups is 1. The molecule has 0 bridgehead atoms. The van der Waals surface area contributed by atoms with Crippen molar-refractivity contribution >= 4 is 17.6 Å². The Kier molecular flexibility index (Phi) is 4.59. The summed E-state index contributed by atoms with van der Waals surface area (Å²) in [5.41, 5.74) is 0.352. The van der Waals surface area contributed by atoms with E-state index in [0.29, 0.717) is 17.0 Å². The van der Waals surface area contributed by atoms with Crippen LogP contribution in [0.5, 0.6) is 0 Å². The molecule has 0 saturated carbocycles. The van der Waals surface area contributed by atoms with Crippen molar-refractivity contribution in [1.29, 1.82) is 0 Å². The van der Waals surface area contributed by atoms with Crippen molar-refractivity contribution in [3.63, 3.8) is 0 Å². The highest BCUT2D eigenvalue weighted by atomic mass is 35.5. The van der Waals surface area contributed by atoms with Gasteiger partial charge < -0.3 is 9.84 Å². The lowest BCUT2D eigenvalue weighted by molar-refractivity contribution is 0.0444. The summed E-state index contributed by atoms with van der Waals surface area (Å²) >= 11 is 5.81. The molecule has 1 aromatic carbocycles. The van der Waals surface area contributed by atoms with Crippen molar-refractivity contribution in [2.24, 2.45) is 0 Å². The smallest absolute Gasteiger partial charge is 0.339 e. The molecule has 1 N–H and O–H groups in total. The molecule has 82 valence electrons. The number of aliphatic hydroxyl groups is 1. The van der Waals surface area contributed by atoms with Crippen LogP contribution in [0.2, 0.25) is 5.02 Å². The molecule has 15 heavy (non-hydrogen) atoms. The molecular formula is C11H13ClO3. The topological polar surface area (TPSA) is 46.5 Å². The fourth-order valence-electron chi connectivity index (χ4n) is 1.03. The average Bonchev–Trinajstić information content (AvgIpc) is 2.17. The molecular weight excluding hydrogens is 216 g/mol. The van der Waals surface area contributed by atoms with Crippen LogP contribution in [0.25, 0.3) is 0 Å². The third-order valence-electron chi connectivity index (χ3n) is 1.86. The molecule has 0 saturated heterocycles. The number of hydrogen-bond acceptors (Lipinski definition) is 3. The number of hydrogen-bond donors (Lipinski definition) is 1. The Morgan fingerprint density at radius 2 is 2.20 bits per heavy atom. The van der Waals surface area contributed by atoms with Crippen LogP contribution in [0.4, 0.5) is 0 Å². The summed E-state index contributed by atoms with van der Waals surface area (Å²) < 4.78 is 4.94. The molecule has 0 radical (unpaired) electrons. The Balaban J connectivity index is 2.51. The molecule has 0 amide bonds. The largest absolute Gasteiger partial charge is 0.462 e. The van der Waals surface area contributed by atoms with E-state index in [2.05, 4.69) is 0 Å². The van der Waals surface area contributed by atoms with E-state index in [9.17, 15) is 4.79 Å². The second-order valence-electron chi connectivity index (χ2n) is 3.25. The van der Waals surface area contributed by atoms with Crippen molar-refractivity contribution in [3.8, 4) is 0 Å². The third kappa shape index (κ3) is 3.90. The molecule has 1 rings (SSSR count). The highest BCUT2D eigenvalue weighted by Crippen LogP contribution is 2.15. The van der Waals surface area contributed by atoms with Crippen LogP contribution < -0.4 is 0 Å². The maximum absolute atomic E-state index is 11.5. The predicted molar refractivity (Wildman–Crippen MR) is 58.0 cm³/mol. The summed E-state index contributed by atoms with van der Waals surface area (Å²) in [5.74, 6) is -0.457. The van der Waals surface area contributed by atoms with E-state index in [1.54, 1.807) is 31.2 Å². The minimum Gasteiger partial charge on any atom is -0.462 e. The van der Waals surface area contributed by atoms with Crippen LogP contribution >= 0.6 is 11.6 Å². The molecule has 0 aliphatic carbocycles. The summed E-state index contributed by atoms with van der Waals surface area (Å²) in [5, 5.41) is 9.35. The molecule has 4 heteroatoms. The molecule has 1 atom stereocenters. The van der Waals surface area contributed by atoms with Gasteiger partial charge in [-0.1, -0.05) is 23.7 Å². The Morgan fingerprint density at radius 3 is 2.80 bits per heavy atom. The van der Waals surface area contributed by atoms with Crippen molar-refractivity contribution in [2.75, 3.05) is 6.61 Å². The van der Waals surface area contributed by atoms with Gasteiger partial charge in [0, 0.05) is 6.42 Å². The third-order valence-corrected chi connectivity index (χ3v) is 2.19. The molecule has 0 aromatic heterocycles. The number of rotatable bonds is 4. The summed E-state index contributed by atoms with van der Waals surface area (Å²) in [6.07, 6.45) is -0.0417. The molecule has 0 heterocycles. The molecule has 3 nitrogen and oxygen atoms in total. The van der Waals surface area contributed by atoms with Crippen LogP contribution in [-0.2, 0) is 4.74 Å². The van der Waals surface area contributed by atoms with Crippen molar-refractivity contribution in [1.82, 2.24) is 0 Å². The SMILES string of the molecule is CC(O)CCOC(=O)c1ccccc1Cl. The first-order valence-corrected chi connectivity index (χ1v) is 5.09. The molecule has 0 spiro atoms. The number of halogens is 1. The predicted octanol–water partition coefficient (Wildman–Crippen LogP) is 2.27. The van der Waals surface area contributed by atoms with E-state index in [1.165, 1.54) is 0 Å². The Morgan fingerprint density at radius 1 is 1.53 bits per heavy atom. The summed E-state index contributed by atoms with van der Waals surface area (Å²) in [7, 11) is 0. The summed E-state index contributed by atoms with van der Waals surface area (Å²) in [6.45, 7) is 1.84. The van der Waals surface area contributed by atoms with E-state index < -0.39 is 12.1 Å². The van der Waals surface area contributed by atoms with Gasteiger partial charge in [0.05, 0.1) is 23.3 Å². The Hall–Kier alpha value is -1.06. The number of aliphatic hydroxyl groups excluding tert-OH is 1. The first-order chi connectivity index (χ1) is 7.11. The molecule has 0 aliphatic rings. The maximum atomic E-state index is 11.5. The van der Waals surface area contributed by atoms with Gasteiger partial charge in [-0.15, -0.1) is 0 Å². The van der Waals surface area contributed by atoms with Crippen LogP contribution in [0.15, 0.2) is 24.3 Å². The second-order valence-corrected chi connectivity index (χ2v) is 3.66. The van der Waals surface area contributed by atoms with Gasteiger partial charge in [-0.05, 0) is 19.1 Å². The minimum atomic E-state index is -0.468. The van der Waals surface area contributed by atoms with Crippen LogP contribution in [0.3, 0.4) is 0 Å². The number of benzene rings is 1. The number of ether oxygens (including phenoxy) is 1. The fraction of sp³-hybridized carbons (Fsp3) is 0.364. The fourth-order valence-corrected chi connectivity index (χ4v) is 1.24. The summed E-state index contributed by atoms with van der Waals surface area (Å²) in [6, 6.07) is 6.70. The van der Waals surface area contributed by atoms with E-state index in [1.807, 2.05) is 0 Å².